The van der Waals surface area contributed by atoms with Gasteiger partial charge >= 0.3 is 6.29 Å². The van der Waals surface area contributed by atoms with Crippen LogP contribution in [0, 0.1) is 13.8 Å². The highest BCUT2D eigenvalue weighted by molar-refractivity contribution is 6.30. The molecular weight excluding hydrogens is 362 g/mol. The van der Waals surface area contributed by atoms with Gasteiger partial charge in [-0.25, -0.2) is 4.98 Å². The van der Waals surface area contributed by atoms with Crippen LogP contribution in [0.1, 0.15) is 29.5 Å². The second kappa shape index (κ2) is 5.58. The molecule has 2 aliphatic rings. The first kappa shape index (κ1) is 17.1. The predicted molar refractivity (Wildman–Crippen MR) is 95.0 cm³/mol. The molecule has 4 nitrogen and oxygen atoms in total. The summed E-state index contributed by atoms with van der Waals surface area (Å²) >= 11 is 6.16. The minimum atomic E-state index is -3.62. The van der Waals surface area contributed by atoms with E-state index in [1.165, 1.54) is 6.07 Å². The molecule has 4 rings (SSSR count). The molecule has 0 unspecified atom stereocenters. The van der Waals surface area contributed by atoms with Gasteiger partial charge in [0.2, 0.25) is 0 Å². The van der Waals surface area contributed by atoms with Crippen molar-refractivity contribution in [2.24, 2.45) is 0 Å². The van der Waals surface area contributed by atoms with Crippen LogP contribution in [0.5, 0.6) is 11.5 Å². The lowest BCUT2D eigenvalue weighted by molar-refractivity contribution is -0.286. The summed E-state index contributed by atoms with van der Waals surface area (Å²) in [6.07, 6.45) is -1.91. The molecule has 1 aliphatic heterocycles. The summed E-state index contributed by atoms with van der Waals surface area (Å²) in [5.41, 5.74) is 3.21. The highest BCUT2D eigenvalue weighted by Gasteiger charge is 2.49. The zero-order valence-corrected chi connectivity index (χ0v) is 15.1. The number of hydrogen-bond donors (Lipinski definition) is 1. The van der Waals surface area contributed by atoms with E-state index in [0.29, 0.717) is 11.0 Å². The number of hydrogen-bond acceptors (Lipinski definition) is 4. The van der Waals surface area contributed by atoms with Gasteiger partial charge in [-0.15, -0.1) is 8.78 Å². The molecule has 1 fully saturated rings. The highest BCUT2D eigenvalue weighted by Crippen LogP contribution is 2.55. The average molecular weight is 379 g/mol. The number of alkyl halides is 2. The van der Waals surface area contributed by atoms with Gasteiger partial charge in [-0.2, -0.15) is 0 Å². The maximum atomic E-state index is 13.2. The molecule has 1 N–H and O–H groups in total. The van der Waals surface area contributed by atoms with Crippen molar-refractivity contribution in [2.45, 2.75) is 38.4 Å². The van der Waals surface area contributed by atoms with Crippen molar-refractivity contribution < 1.29 is 18.3 Å². The van der Waals surface area contributed by atoms with Crippen molar-refractivity contribution in [2.75, 3.05) is 5.32 Å². The normalized spacial score (nSPS) is 18.5. The second-order valence-electron chi connectivity index (χ2n) is 6.75. The molecule has 1 aromatic heterocycles. The van der Waals surface area contributed by atoms with Crippen LogP contribution in [0.15, 0.2) is 36.5 Å². The predicted octanol–water partition coefficient (Wildman–Crippen LogP) is 5.33. The average Bonchev–Trinajstić information content (AvgIpc) is 3.30. The summed E-state index contributed by atoms with van der Waals surface area (Å²) in [5.74, 6) is 0.691. The first-order chi connectivity index (χ1) is 12.2. The summed E-state index contributed by atoms with van der Waals surface area (Å²) in [6.45, 7) is 8.02. The van der Waals surface area contributed by atoms with Gasteiger partial charge in [-0.05, 0) is 61.6 Å². The third-order valence-corrected chi connectivity index (χ3v) is 5.40. The summed E-state index contributed by atoms with van der Waals surface area (Å²) < 4.78 is 35.5. The fourth-order valence-electron chi connectivity index (χ4n) is 3.17. The number of aryl methyl sites for hydroxylation is 1. The minimum absolute atomic E-state index is 0.0377. The van der Waals surface area contributed by atoms with E-state index in [1.807, 2.05) is 19.9 Å². The maximum Gasteiger partial charge on any atom is 0.586 e. The number of anilines is 1. The summed E-state index contributed by atoms with van der Waals surface area (Å²) in [5, 5.41) is 3.67. The van der Waals surface area contributed by atoms with E-state index in [4.69, 9.17) is 11.6 Å². The molecule has 1 aliphatic carbocycles. The number of nitrogens with zero attached hydrogens (tertiary/aromatic N) is 1. The molecule has 26 heavy (non-hydrogen) atoms. The van der Waals surface area contributed by atoms with Gasteiger partial charge in [0, 0.05) is 11.1 Å². The number of fused-ring (bicyclic) bond motifs is 1. The molecule has 136 valence electrons. The van der Waals surface area contributed by atoms with Gasteiger partial charge in [0.05, 0.1) is 0 Å². The van der Waals surface area contributed by atoms with Crippen molar-refractivity contribution in [3.05, 3.63) is 58.4 Å². The van der Waals surface area contributed by atoms with Gasteiger partial charge in [0.25, 0.3) is 0 Å². The lowest BCUT2D eigenvalue weighted by Gasteiger charge is -2.21. The number of ether oxygens (including phenoxy) is 2. The number of aromatic nitrogens is 1. The number of benzene rings is 1. The fraction of sp³-hybridized carbons (Fsp3) is 0.316. The second-order valence-corrected chi connectivity index (χ2v) is 7.11. The Hall–Kier alpha value is -2.34. The van der Waals surface area contributed by atoms with Crippen LogP contribution >= 0.6 is 11.6 Å². The molecule has 1 aromatic carbocycles. The zero-order chi connectivity index (χ0) is 18.7. The van der Waals surface area contributed by atoms with Crippen molar-refractivity contribution in [1.29, 1.82) is 0 Å². The molecule has 0 saturated heterocycles. The van der Waals surface area contributed by atoms with E-state index in [0.717, 1.165) is 35.2 Å². The van der Waals surface area contributed by atoms with E-state index in [-0.39, 0.29) is 16.9 Å². The Morgan fingerprint density at radius 1 is 1.19 bits per heavy atom. The van der Waals surface area contributed by atoms with E-state index < -0.39 is 6.29 Å². The smallest absolute Gasteiger partial charge is 0.395 e. The molecule has 2 aromatic rings. The molecule has 1 saturated carbocycles. The van der Waals surface area contributed by atoms with Crippen LogP contribution in [0.3, 0.4) is 0 Å². The van der Waals surface area contributed by atoms with Crippen LogP contribution in [0.4, 0.5) is 14.6 Å². The number of allylic oxidation sites excluding steroid dienone is 1. The number of rotatable bonds is 4. The topological polar surface area (TPSA) is 43.4 Å². The largest absolute Gasteiger partial charge is 0.586 e. The maximum absolute atomic E-state index is 13.2. The SMILES string of the molecule is C=C(Nc1cc(C)c(C)c(Cl)n1)C1(c2ccc3c(c2)OC(F)(F)O3)CC1. The van der Waals surface area contributed by atoms with E-state index >= 15 is 0 Å². The van der Waals surface area contributed by atoms with Crippen molar-refractivity contribution in [3.8, 4) is 11.5 Å². The summed E-state index contributed by atoms with van der Waals surface area (Å²) in [7, 11) is 0. The third-order valence-electron chi connectivity index (χ3n) is 5.03. The van der Waals surface area contributed by atoms with Gasteiger partial charge in [-0.1, -0.05) is 24.2 Å². The molecule has 2 heterocycles. The Kier molecular flexibility index (Phi) is 3.67. The van der Waals surface area contributed by atoms with Crippen molar-refractivity contribution in [1.82, 2.24) is 4.98 Å². The van der Waals surface area contributed by atoms with Gasteiger partial charge in [0.1, 0.15) is 11.0 Å². The molecule has 7 heteroatoms. The standard InChI is InChI=1S/C19H17ClF2N2O2/c1-10-8-16(24-17(20)11(10)2)23-12(3)18(6-7-18)13-4-5-14-15(9-13)26-19(21,22)25-14/h4-5,8-9H,3,6-7H2,1-2H3,(H,23,24). The first-order valence-electron chi connectivity index (χ1n) is 8.21. The van der Waals surface area contributed by atoms with Crippen LogP contribution in [0.2, 0.25) is 5.15 Å². The Labute approximate surface area is 154 Å². The Balaban J connectivity index is 1.59. The van der Waals surface area contributed by atoms with Gasteiger partial charge < -0.3 is 14.8 Å². The molecular formula is C19H17ClF2N2O2. The van der Waals surface area contributed by atoms with E-state index in [9.17, 15) is 8.78 Å². The van der Waals surface area contributed by atoms with Gasteiger partial charge in [0.15, 0.2) is 11.5 Å². The molecule has 0 radical (unpaired) electrons. The lowest BCUT2D eigenvalue weighted by Crippen LogP contribution is -2.26. The van der Waals surface area contributed by atoms with Crippen LogP contribution in [-0.2, 0) is 5.41 Å². The quantitative estimate of drug-likeness (QED) is 0.730. The van der Waals surface area contributed by atoms with Crippen molar-refractivity contribution >= 4 is 17.4 Å². The Bertz CT molecular complexity index is 903. The van der Waals surface area contributed by atoms with E-state index in [1.54, 1.807) is 12.1 Å². The van der Waals surface area contributed by atoms with Gasteiger partial charge in [-0.3, -0.25) is 0 Å². The van der Waals surface area contributed by atoms with Crippen LogP contribution < -0.4 is 14.8 Å². The fourth-order valence-corrected chi connectivity index (χ4v) is 3.41. The minimum Gasteiger partial charge on any atom is -0.395 e. The summed E-state index contributed by atoms with van der Waals surface area (Å²) in [4.78, 5) is 4.33. The van der Waals surface area contributed by atoms with E-state index in [2.05, 4.69) is 26.4 Å². The Morgan fingerprint density at radius 2 is 1.88 bits per heavy atom. The molecule has 0 bridgehead atoms. The first-order valence-corrected chi connectivity index (χ1v) is 8.58. The molecule has 0 spiro atoms. The van der Waals surface area contributed by atoms with Crippen LogP contribution in [0.25, 0.3) is 0 Å². The van der Waals surface area contributed by atoms with Crippen LogP contribution in [-0.4, -0.2) is 11.3 Å². The Morgan fingerprint density at radius 3 is 2.54 bits per heavy atom. The number of pyridine rings is 1. The monoisotopic (exact) mass is 378 g/mol. The molecule has 0 amide bonds. The summed E-state index contributed by atoms with van der Waals surface area (Å²) in [6, 6.07) is 6.77. The molecule has 0 atom stereocenters. The number of nitrogens with one attached hydrogen (secondary N) is 1. The highest BCUT2D eigenvalue weighted by atomic mass is 35.5. The zero-order valence-electron chi connectivity index (χ0n) is 14.3. The third kappa shape index (κ3) is 2.78. The van der Waals surface area contributed by atoms with Crippen molar-refractivity contribution in [3.63, 3.8) is 0 Å². The number of halogens is 3. The lowest BCUT2D eigenvalue weighted by atomic mass is 9.92.